The largest absolute Gasteiger partial charge is 0.359 e. The molecule has 30 heavy (non-hydrogen) atoms. The molecule has 0 aromatic carbocycles. The van der Waals surface area contributed by atoms with Gasteiger partial charge in [0, 0.05) is 31.9 Å². The molecule has 0 saturated carbocycles. The van der Waals surface area contributed by atoms with Crippen molar-refractivity contribution >= 4 is 23.1 Å². The third kappa shape index (κ3) is 4.03. The number of aromatic nitrogens is 3. The molecule has 1 fully saturated rings. The quantitative estimate of drug-likeness (QED) is 0.585. The highest BCUT2D eigenvalue weighted by molar-refractivity contribution is 7.80. The van der Waals surface area contributed by atoms with Gasteiger partial charge in [0.2, 0.25) is 0 Å². The van der Waals surface area contributed by atoms with Gasteiger partial charge in [-0.2, -0.15) is 5.10 Å². The lowest BCUT2D eigenvalue weighted by Crippen LogP contribution is -2.40. The highest BCUT2D eigenvalue weighted by atomic mass is 32.1. The summed E-state index contributed by atoms with van der Waals surface area (Å²) in [5, 5.41) is 8.96. The Kier molecular flexibility index (Phi) is 5.73. The maximum atomic E-state index is 13.2. The Balaban J connectivity index is 1.74. The minimum absolute atomic E-state index is 0.0314. The fourth-order valence-corrected chi connectivity index (χ4v) is 4.93. The predicted octanol–water partition coefficient (Wildman–Crippen LogP) is 3.68. The predicted molar refractivity (Wildman–Crippen MR) is 121 cm³/mol. The Hall–Kier alpha value is -2.54. The second-order valence-corrected chi connectivity index (χ2v) is 9.38. The van der Waals surface area contributed by atoms with Gasteiger partial charge in [0.25, 0.3) is 0 Å². The van der Waals surface area contributed by atoms with Crippen molar-refractivity contribution in [1.29, 1.82) is 0 Å². The van der Waals surface area contributed by atoms with Crippen LogP contribution in [0.25, 0.3) is 0 Å². The molecule has 0 amide bonds. The number of pyridine rings is 1. The lowest BCUT2D eigenvalue weighted by Gasteiger charge is -2.30. The summed E-state index contributed by atoms with van der Waals surface area (Å²) in [6.07, 6.45) is 8.80. The van der Waals surface area contributed by atoms with Crippen molar-refractivity contribution in [3.8, 4) is 0 Å². The molecular formula is C23H29N5OS. The van der Waals surface area contributed by atoms with Gasteiger partial charge in [0.05, 0.1) is 29.5 Å². The van der Waals surface area contributed by atoms with E-state index < -0.39 is 0 Å². The first kappa shape index (κ1) is 20.7. The number of fused-ring (bicyclic) bond motifs is 1. The fraction of sp³-hybridized carbons (Fsp3) is 0.478. The first-order valence-electron chi connectivity index (χ1n) is 10.6. The maximum Gasteiger partial charge on any atom is 0.169 e. The number of nitrogens with zero attached hydrogens (tertiary/aromatic N) is 4. The van der Waals surface area contributed by atoms with Gasteiger partial charge in [-0.3, -0.25) is 14.5 Å². The molecule has 2 aromatic heterocycles. The third-order valence-electron chi connectivity index (χ3n) is 5.93. The van der Waals surface area contributed by atoms with Gasteiger partial charge in [0.1, 0.15) is 0 Å². The number of Topliss-reactive ketones (excluding diaryl/α,β-unsaturated/α-hetero) is 1. The molecule has 4 rings (SSSR count). The molecule has 3 heterocycles. The maximum absolute atomic E-state index is 13.2. The van der Waals surface area contributed by atoms with Crippen LogP contribution in [-0.4, -0.2) is 43.6 Å². The van der Waals surface area contributed by atoms with Crippen LogP contribution in [0.2, 0.25) is 0 Å². The van der Waals surface area contributed by atoms with Gasteiger partial charge in [-0.25, -0.2) is 0 Å². The van der Waals surface area contributed by atoms with Crippen molar-refractivity contribution in [2.75, 3.05) is 13.1 Å². The van der Waals surface area contributed by atoms with Crippen molar-refractivity contribution in [3.05, 3.63) is 59.7 Å². The average molecular weight is 424 g/mol. The van der Waals surface area contributed by atoms with Crippen molar-refractivity contribution in [3.63, 3.8) is 0 Å². The second-order valence-electron chi connectivity index (χ2n) is 8.99. The van der Waals surface area contributed by atoms with Gasteiger partial charge in [-0.05, 0) is 48.5 Å². The number of likely N-dealkylation sites (tertiary alicyclic amines) is 1. The van der Waals surface area contributed by atoms with Gasteiger partial charge in [0.15, 0.2) is 10.9 Å². The van der Waals surface area contributed by atoms with Crippen molar-refractivity contribution in [2.45, 2.75) is 52.1 Å². The smallest absolute Gasteiger partial charge is 0.169 e. The van der Waals surface area contributed by atoms with E-state index in [9.17, 15) is 4.79 Å². The van der Waals surface area contributed by atoms with E-state index in [0.29, 0.717) is 24.6 Å². The van der Waals surface area contributed by atoms with Gasteiger partial charge >= 0.3 is 0 Å². The van der Waals surface area contributed by atoms with E-state index in [1.165, 1.54) is 0 Å². The lowest BCUT2D eigenvalue weighted by molar-refractivity contribution is 0.0908. The van der Waals surface area contributed by atoms with Gasteiger partial charge < -0.3 is 10.2 Å². The number of ketones is 1. The molecule has 158 valence electrons. The zero-order valence-electron chi connectivity index (χ0n) is 17.7. The van der Waals surface area contributed by atoms with E-state index in [-0.39, 0.29) is 17.2 Å². The van der Waals surface area contributed by atoms with Crippen LogP contribution in [0.5, 0.6) is 0 Å². The highest BCUT2D eigenvalue weighted by Crippen LogP contribution is 2.41. The molecule has 1 saturated heterocycles. The second kappa shape index (κ2) is 8.30. The molecule has 7 heteroatoms. The van der Waals surface area contributed by atoms with E-state index >= 15 is 0 Å². The van der Waals surface area contributed by atoms with Gasteiger partial charge in [-0.15, -0.1) is 6.58 Å². The summed E-state index contributed by atoms with van der Waals surface area (Å²) in [5.74, 6) is 0.200. The first-order chi connectivity index (χ1) is 14.4. The summed E-state index contributed by atoms with van der Waals surface area (Å²) in [4.78, 5) is 19.7. The summed E-state index contributed by atoms with van der Waals surface area (Å²) in [5.41, 5.74) is 3.77. The Bertz CT molecular complexity index is 965. The minimum Gasteiger partial charge on any atom is -0.359 e. The van der Waals surface area contributed by atoms with E-state index in [1.54, 1.807) is 12.3 Å². The first-order valence-corrected chi connectivity index (χ1v) is 11.0. The lowest BCUT2D eigenvalue weighted by atomic mass is 9.75. The zero-order valence-corrected chi connectivity index (χ0v) is 18.5. The van der Waals surface area contributed by atoms with Crippen LogP contribution < -0.4 is 5.32 Å². The molecule has 0 unspecified atom stereocenters. The number of thiocarbonyl (C=S) groups is 1. The number of hydrogen-bond donors (Lipinski definition) is 1. The molecule has 0 radical (unpaired) electrons. The average Bonchev–Trinajstić information content (AvgIpc) is 3.31. The standard InChI is InChI=1S/C23H29N5OS/c1-4-9-25-22(30)27-11-6-8-17(27)21-20-18(12-23(2,3)13-19(20)29)28(26-21)15-16-7-5-10-24-14-16/h4-5,7,10,14,17H,1,6,8-9,11-13,15H2,2-3H3,(H,25,30)/t17-/m0/s1. The van der Waals surface area contributed by atoms with Gasteiger partial charge in [-0.1, -0.05) is 26.0 Å². The topological polar surface area (TPSA) is 63.1 Å². The number of rotatable bonds is 5. The summed E-state index contributed by atoms with van der Waals surface area (Å²) in [7, 11) is 0. The monoisotopic (exact) mass is 423 g/mol. The number of carbonyl (C=O) groups is 1. The Morgan fingerprint density at radius 2 is 2.27 bits per heavy atom. The van der Waals surface area contributed by atoms with Crippen molar-refractivity contribution in [1.82, 2.24) is 25.0 Å². The number of carbonyl (C=O) groups excluding carboxylic acids is 1. The molecule has 1 aliphatic carbocycles. The molecule has 0 spiro atoms. The van der Waals surface area contributed by atoms with Crippen LogP contribution in [0.15, 0.2) is 37.2 Å². The Morgan fingerprint density at radius 3 is 3.00 bits per heavy atom. The summed E-state index contributed by atoms with van der Waals surface area (Å²) in [6.45, 7) is 10.2. The van der Waals surface area contributed by atoms with Crippen LogP contribution in [0.4, 0.5) is 0 Å². The SMILES string of the molecule is C=CCNC(=S)N1CCC[C@H]1c1nn(Cc2cccnc2)c2c1C(=O)CC(C)(C)C2. The molecular weight excluding hydrogens is 394 g/mol. The van der Waals surface area contributed by atoms with Crippen LogP contribution in [-0.2, 0) is 13.0 Å². The molecule has 2 aromatic rings. The number of nitrogens with one attached hydrogen (secondary N) is 1. The van der Waals surface area contributed by atoms with E-state index in [4.69, 9.17) is 17.3 Å². The van der Waals surface area contributed by atoms with Crippen LogP contribution >= 0.6 is 12.2 Å². The molecule has 1 atom stereocenters. The van der Waals surface area contributed by atoms with Crippen LogP contribution in [0.3, 0.4) is 0 Å². The van der Waals surface area contributed by atoms with E-state index in [2.05, 4.69) is 35.6 Å². The summed E-state index contributed by atoms with van der Waals surface area (Å²) < 4.78 is 2.03. The Labute approximate surface area is 183 Å². The molecule has 1 N–H and O–H groups in total. The molecule has 1 aliphatic heterocycles. The molecule has 2 aliphatic rings. The molecule has 0 bridgehead atoms. The summed E-state index contributed by atoms with van der Waals surface area (Å²) >= 11 is 5.63. The van der Waals surface area contributed by atoms with E-state index in [1.807, 2.05) is 23.0 Å². The summed E-state index contributed by atoms with van der Waals surface area (Å²) in [6, 6.07) is 4.01. The van der Waals surface area contributed by atoms with E-state index in [0.717, 1.165) is 48.3 Å². The van der Waals surface area contributed by atoms with Crippen molar-refractivity contribution in [2.24, 2.45) is 5.41 Å². The van der Waals surface area contributed by atoms with Crippen LogP contribution in [0, 0.1) is 5.41 Å². The molecule has 6 nitrogen and oxygen atoms in total. The fourth-order valence-electron chi connectivity index (χ4n) is 4.62. The normalized spacial score (nSPS) is 20.1. The number of hydrogen-bond acceptors (Lipinski definition) is 4. The minimum atomic E-state index is -0.0652. The van der Waals surface area contributed by atoms with Crippen LogP contribution in [0.1, 0.15) is 66.5 Å². The van der Waals surface area contributed by atoms with Crippen molar-refractivity contribution < 1.29 is 4.79 Å². The highest BCUT2D eigenvalue weighted by Gasteiger charge is 2.40. The Morgan fingerprint density at radius 1 is 1.43 bits per heavy atom. The zero-order chi connectivity index (χ0) is 21.3. The third-order valence-corrected chi connectivity index (χ3v) is 6.31.